The number of nitrogens with zero attached hydrogens (tertiary/aromatic N) is 1. The van der Waals surface area contributed by atoms with Gasteiger partial charge in [-0.3, -0.25) is 25.2 Å². The van der Waals surface area contributed by atoms with Crippen molar-refractivity contribution in [3.05, 3.63) is 55.6 Å². The second-order valence-electron chi connectivity index (χ2n) is 6.12. The fraction of sp³-hybridized carbons (Fsp3) is 0.353. The van der Waals surface area contributed by atoms with Crippen molar-refractivity contribution in [2.75, 3.05) is 0 Å². The van der Waals surface area contributed by atoms with Gasteiger partial charge < -0.3 is 4.57 Å². The van der Waals surface area contributed by atoms with Crippen molar-refractivity contribution < 1.29 is 22.8 Å². The lowest BCUT2D eigenvalue weighted by atomic mass is 9.99. The standard InChI is InChI=1S/C17H16F3N3O3S/c18-17(19,20)11-5-3-7-23(16(11)26)9-14(24)21-22-15(25)13-8-10-4-1-2-6-12(10)27-13/h3,5,7-8H,1-2,4,6,9H2,(H,21,24)(H,22,25). The molecule has 0 saturated carbocycles. The molecule has 0 bridgehead atoms. The highest BCUT2D eigenvalue weighted by Gasteiger charge is 2.34. The first-order chi connectivity index (χ1) is 12.8. The number of aromatic nitrogens is 1. The van der Waals surface area contributed by atoms with Crippen molar-refractivity contribution in [1.82, 2.24) is 15.4 Å². The normalized spacial score (nSPS) is 13.7. The van der Waals surface area contributed by atoms with Gasteiger partial charge in [0.2, 0.25) is 0 Å². The molecule has 2 aromatic heterocycles. The maximum atomic E-state index is 12.7. The van der Waals surface area contributed by atoms with E-state index in [1.807, 2.05) is 0 Å². The molecule has 3 rings (SSSR count). The summed E-state index contributed by atoms with van der Waals surface area (Å²) in [6.45, 7) is -0.649. The number of thiophene rings is 1. The van der Waals surface area contributed by atoms with Crippen molar-refractivity contribution in [3.8, 4) is 0 Å². The molecule has 1 aliphatic rings. The number of carbonyl (C=O) groups excluding carboxylic acids is 2. The zero-order chi connectivity index (χ0) is 19.6. The van der Waals surface area contributed by atoms with Crippen LogP contribution < -0.4 is 16.4 Å². The summed E-state index contributed by atoms with van der Waals surface area (Å²) in [6, 6.07) is 3.47. The van der Waals surface area contributed by atoms with Crippen LogP contribution in [0.2, 0.25) is 0 Å². The van der Waals surface area contributed by atoms with Gasteiger partial charge in [0.25, 0.3) is 17.4 Å². The summed E-state index contributed by atoms with van der Waals surface area (Å²) in [5.74, 6) is -1.31. The van der Waals surface area contributed by atoms with Gasteiger partial charge in [0.1, 0.15) is 12.1 Å². The average Bonchev–Trinajstić information content (AvgIpc) is 3.04. The predicted molar refractivity (Wildman–Crippen MR) is 92.3 cm³/mol. The van der Waals surface area contributed by atoms with Gasteiger partial charge in [-0.25, -0.2) is 0 Å². The number of amides is 2. The van der Waals surface area contributed by atoms with E-state index >= 15 is 0 Å². The average molecular weight is 399 g/mol. The molecule has 0 atom stereocenters. The molecular formula is C17H16F3N3O3S. The first-order valence-electron chi connectivity index (χ1n) is 8.23. The Bertz CT molecular complexity index is 910. The highest BCUT2D eigenvalue weighted by molar-refractivity contribution is 7.14. The molecule has 0 spiro atoms. The number of pyridine rings is 1. The largest absolute Gasteiger partial charge is 0.421 e. The van der Waals surface area contributed by atoms with Crippen molar-refractivity contribution in [3.63, 3.8) is 0 Å². The molecule has 2 amide bonds. The number of nitrogens with one attached hydrogen (secondary N) is 2. The quantitative estimate of drug-likeness (QED) is 0.777. The molecule has 0 radical (unpaired) electrons. The Morgan fingerprint density at radius 2 is 1.93 bits per heavy atom. The fourth-order valence-corrected chi connectivity index (χ4v) is 4.01. The van der Waals surface area contributed by atoms with Crippen LogP contribution in [0.5, 0.6) is 0 Å². The van der Waals surface area contributed by atoms with Crippen molar-refractivity contribution >= 4 is 23.2 Å². The summed E-state index contributed by atoms with van der Waals surface area (Å²) < 4.78 is 38.8. The van der Waals surface area contributed by atoms with E-state index in [2.05, 4.69) is 10.9 Å². The van der Waals surface area contributed by atoms with Crippen LogP contribution in [-0.2, 0) is 30.4 Å². The number of alkyl halides is 3. The monoisotopic (exact) mass is 399 g/mol. The van der Waals surface area contributed by atoms with Crippen LogP contribution in [0.1, 0.15) is 38.5 Å². The van der Waals surface area contributed by atoms with E-state index in [9.17, 15) is 27.6 Å². The lowest BCUT2D eigenvalue weighted by Crippen LogP contribution is -2.44. The van der Waals surface area contributed by atoms with Gasteiger partial charge in [-0.2, -0.15) is 13.2 Å². The Hall–Kier alpha value is -2.62. The molecule has 0 aliphatic heterocycles. The molecule has 6 nitrogen and oxygen atoms in total. The van der Waals surface area contributed by atoms with Crippen molar-refractivity contribution in [1.29, 1.82) is 0 Å². The minimum absolute atomic E-state index is 0.457. The van der Waals surface area contributed by atoms with Crippen LogP contribution in [0, 0.1) is 0 Å². The predicted octanol–water partition coefficient (Wildman–Crippen LogP) is 2.27. The molecular weight excluding hydrogens is 383 g/mol. The molecule has 1 aliphatic carbocycles. The molecule has 2 aromatic rings. The smallest absolute Gasteiger partial charge is 0.306 e. The Morgan fingerprint density at radius 3 is 2.63 bits per heavy atom. The van der Waals surface area contributed by atoms with Gasteiger partial charge in [0.15, 0.2) is 0 Å². The van der Waals surface area contributed by atoms with E-state index in [4.69, 9.17) is 0 Å². The second-order valence-corrected chi connectivity index (χ2v) is 7.26. The number of rotatable bonds is 3. The molecule has 10 heteroatoms. The number of hydrogen-bond donors (Lipinski definition) is 2. The zero-order valence-corrected chi connectivity index (χ0v) is 14.9. The van der Waals surface area contributed by atoms with E-state index < -0.39 is 35.7 Å². The van der Waals surface area contributed by atoms with Gasteiger partial charge in [-0.1, -0.05) is 0 Å². The van der Waals surface area contributed by atoms with E-state index in [0.717, 1.165) is 48.4 Å². The molecule has 0 fully saturated rings. The fourth-order valence-electron chi connectivity index (χ4n) is 2.86. The van der Waals surface area contributed by atoms with E-state index in [0.29, 0.717) is 15.5 Å². The number of hydrogen-bond acceptors (Lipinski definition) is 4. The highest BCUT2D eigenvalue weighted by atomic mass is 32.1. The van der Waals surface area contributed by atoms with Crippen LogP contribution >= 0.6 is 11.3 Å². The lowest BCUT2D eigenvalue weighted by Gasteiger charge is -2.11. The number of halogens is 3. The molecule has 0 aromatic carbocycles. The minimum atomic E-state index is -4.80. The van der Waals surface area contributed by atoms with Gasteiger partial charge in [-0.15, -0.1) is 11.3 Å². The maximum Gasteiger partial charge on any atom is 0.421 e. The number of hydrazine groups is 1. The maximum absolute atomic E-state index is 12.7. The SMILES string of the molecule is O=C(Cn1cccc(C(F)(F)F)c1=O)NNC(=O)c1cc2c(s1)CCCC2. The Labute approximate surface area is 156 Å². The highest BCUT2D eigenvalue weighted by Crippen LogP contribution is 2.29. The van der Waals surface area contributed by atoms with Gasteiger partial charge >= 0.3 is 6.18 Å². The van der Waals surface area contributed by atoms with Crippen LogP contribution in [-0.4, -0.2) is 16.4 Å². The van der Waals surface area contributed by atoms with E-state index in [1.165, 1.54) is 11.3 Å². The van der Waals surface area contributed by atoms with Gasteiger partial charge in [-0.05, 0) is 49.4 Å². The third kappa shape index (κ3) is 4.38. The van der Waals surface area contributed by atoms with E-state index in [-0.39, 0.29) is 0 Å². The summed E-state index contributed by atoms with van der Waals surface area (Å²) >= 11 is 1.36. The third-order valence-corrected chi connectivity index (χ3v) is 5.41. The van der Waals surface area contributed by atoms with Crippen LogP contribution in [0.15, 0.2) is 29.2 Å². The first kappa shape index (κ1) is 19.2. The number of carbonyl (C=O) groups is 2. The second kappa shape index (κ2) is 7.55. The third-order valence-electron chi connectivity index (χ3n) is 4.18. The number of aryl methyl sites for hydroxylation is 2. The first-order valence-corrected chi connectivity index (χ1v) is 9.05. The molecule has 2 N–H and O–H groups in total. The molecule has 2 heterocycles. The van der Waals surface area contributed by atoms with Gasteiger partial charge in [0.05, 0.1) is 4.88 Å². The lowest BCUT2D eigenvalue weighted by molar-refractivity contribution is -0.139. The zero-order valence-electron chi connectivity index (χ0n) is 14.1. The summed E-state index contributed by atoms with van der Waals surface area (Å²) in [5, 5.41) is 0. The molecule has 0 saturated heterocycles. The summed E-state index contributed by atoms with van der Waals surface area (Å²) in [4.78, 5) is 37.4. The van der Waals surface area contributed by atoms with Crippen LogP contribution in [0.3, 0.4) is 0 Å². The van der Waals surface area contributed by atoms with Crippen LogP contribution in [0.4, 0.5) is 13.2 Å². The molecule has 27 heavy (non-hydrogen) atoms. The Balaban J connectivity index is 1.61. The van der Waals surface area contributed by atoms with Gasteiger partial charge in [0, 0.05) is 11.1 Å². The minimum Gasteiger partial charge on any atom is -0.306 e. The number of fused-ring (bicyclic) bond motifs is 1. The Morgan fingerprint density at radius 1 is 1.19 bits per heavy atom. The molecule has 0 unspecified atom stereocenters. The summed E-state index contributed by atoms with van der Waals surface area (Å²) in [7, 11) is 0. The topological polar surface area (TPSA) is 80.2 Å². The molecule has 144 valence electrons. The van der Waals surface area contributed by atoms with Crippen LogP contribution in [0.25, 0.3) is 0 Å². The Kier molecular flexibility index (Phi) is 5.36. The summed E-state index contributed by atoms with van der Waals surface area (Å²) in [5.41, 5.74) is 2.81. The summed E-state index contributed by atoms with van der Waals surface area (Å²) in [6.07, 6.45) is 0.279. The van der Waals surface area contributed by atoms with Crippen molar-refractivity contribution in [2.45, 2.75) is 38.4 Å². The van der Waals surface area contributed by atoms with Crippen molar-refractivity contribution in [2.24, 2.45) is 0 Å². The van der Waals surface area contributed by atoms with E-state index in [1.54, 1.807) is 6.07 Å².